The molecule has 0 aromatic heterocycles. The first-order valence-corrected chi connectivity index (χ1v) is 6.60. The maximum atomic E-state index is 11.7. The lowest BCUT2D eigenvalue weighted by Crippen LogP contribution is -2.38. The largest absolute Gasteiger partial charge is 0.445 e. The fraction of sp³-hybridized carbons (Fsp3) is 0.500. The molecule has 1 aromatic carbocycles. The number of benzene rings is 1. The van der Waals surface area contributed by atoms with Crippen molar-refractivity contribution in [1.29, 1.82) is 0 Å². The average molecular weight is 276 g/mol. The summed E-state index contributed by atoms with van der Waals surface area (Å²) in [6, 6.07) is 9.26. The van der Waals surface area contributed by atoms with E-state index in [9.17, 15) is 4.79 Å². The summed E-state index contributed by atoms with van der Waals surface area (Å²) in [6.07, 6.45) is 0.243. The van der Waals surface area contributed by atoms with E-state index < -0.39 is 6.09 Å². The maximum Gasteiger partial charge on any atom is 0.407 e. The molecule has 0 spiro atoms. The van der Waals surface area contributed by atoms with Crippen molar-refractivity contribution in [2.45, 2.75) is 32.9 Å². The number of nitrogens with zero attached hydrogens (tertiary/aromatic N) is 3. The highest BCUT2D eigenvalue weighted by atomic mass is 16.5. The summed E-state index contributed by atoms with van der Waals surface area (Å²) >= 11 is 0. The minimum atomic E-state index is -0.493. The minimum absolute atomic E-state index is 0.200. The SMILES string of the molecule is CC(C)C[C@@H](CN=[N+]=[N-])NC(=O)OCc1ccccc1. The first kappa shape index (κ1) is 15.9. The molecule has 1 aromatic rings. The number of rotatable bonds is 7. The van der Waals surface area contributed by atoms with E-state index in [0.717, 1.165) is 12.0 Å². The van der Waals surface area contributed by atoms with Gasteiger partial charge in [-0.05, 0) is 23.4 Å². The molecule has 6 nitrogen and oxygen atoms in total. The lowest BCUT2D eigenvalue weighted by Gasteiger charge is -2.18. The molecule has 6 heteroatoms. The van der Waals surface area contributed by atoms with Crippen LogP contribution in [0.4, 0.5) is 4.79 Å². The zero-order chi connectivity index (χ0) is 14.8. The van der Waals surface area contributed by atoms with Crippen LogP contribution in [0.15, 0.2) is 35.4 Å². The predicted molar refractivity (Wildman–Crippen MR) is 77.0 cm³/mol. The van der Waals surface area contributed by atoms with E-state index in [-0.39, 0.29) is 19.2 Å². The van der Waals surface area contributed by atoms with Gasteiger partial charge in [0.2, 0.25) is 0 Å². The molecule has 0 unspecified atom stereocenters. The molecule has 108 valence electrons. The number of amides is 1. The second kappa shape index (κ2) is 8.82. The Balaban J connectivity index is 2.42. The van der Waals surface area contributed by atoms with Gasteiger partial charge in [0.1, 0.15) is 6.61 Å². The number of alkyl carbamates (subject to hydrolysis) is 1. The second-order valence-electron chi connectivity index (χ2n) is 4.95. The molecule has 1 N–H and O–H groups in total. The third-order valence-electron chi connectivity index (χ3n) is 2.66. The van der Waals surface area contributed by atoms with Crippen LogP contribution in [-0.4, -0.2) is 18.7 Å². The van der Waals surface area contributed by atoms with Crippen molar-refractivity contribution in [2.75, 3.05) is 6.54 Å². The molecule has 0 aliphatic rings. The summed E-state index contributed by atoms with van der Waals surface area (Å²) in [5.74, 6) is 0.392. The van der Waals surface area contributed by atoms with Crippen molar-refractivity contribution < 1.29 is 9.53 Å². The van der Waals surface area contributed by atoms with Gasteiger partial charge in [0.25, 0.3) is 0 Å². The standard InChI is InChI=1S/C14H20N4O2/c1-11(2)8-13(9-16-18-15)17-14(19)20-10-12-6-4-3-5-7-12/h3-7,11,13H,8-10H2,1-2H3,(H,17,19)/t13-/m0/s1. The topological polar surface area (TPSA) is 87.1 Å². The Morgan fingerprint density at radius 1 is 1.40 bits per heavy atom. The number of hydrogen-bond donors (Lipinski definition) is 1. The van der Waals surface area contributed by atoms with Crippen molar-refractivity contribution >= 4 is 6.09 Å². The Morgan fingerprint density at radius 2 is 2.10 bits per heavy atom. The fourth-order valence-electron chi connectivity index (χ4n) is 1.81. The fourth-order valence-corrected chi connectivity index (χ4v) is 1.81. The zero-order valence-electron chi connectivity index (χ0n) is 11.8. The van der Waals surface area contributed by atoms with Crippen molar-refractivity contribution in [1.82, 2.24) is 5.32 Å². The van der Waals surface area contributed by atoms with E-state index in [1.165, 1.54) is 0 Å². The summed E-state index contributed by atoms with van der Waals surface area (Å²) in [5.41, 5.74) is 9.28. The van der Waals surface area contributed by atoms with E-state index in [0.29, 0.717) is 5.92 Å². The number of hydrogen-bond acceptors (Lipinski definition) is 3. The van der Waals surface area contributed by atoms with Gasteiger partial charge >= 0.3 is 6.09 Å². The Hall–Kier alpha value is -2.20. The molecule has 1 rings (SSSR count). The van der Waals surface area contributed by atoms with Crippen LogP contribution in [0.25, 0.3) is 10.4 Å². The number of carbonyl (C=O) groups is 1. The molecular weight excluding hydrogens is 256 g/mol. The van der Waals surface area contributed by atoms with Crippen molar-refractivity contribution in [3.8, 4) is 0 Å². The molecule has 0 saturated carbocycles. The maximum absolute atomic E-state index is 11.7. The molecule has 0 saturated heterocycles. The van der Waals surface area contributed by atoms with Gasteiger partial charge in [-0.3, -0.25) is 0 Å². The number of carbonyl (C=O) groups excluding carboxylic acids is 1. The van der Waals surface area contributed by atoms with E-state index in [1.807, 2.05) is 44.2 Å². The molecule has 1 atom stereocenters. The Kier molecular flexibility index (Phi) is 7.00. The first-order chi connectivity index (χ1) is 9.61. The highest BCUT2D eigenvalue weighted by molar-refractivity contribution is 5.67. The van der Waals surface area contributed by atoms with E-state index >= 15 is 0 Å². The first-order valence-electron chi connectivity index (χ1n) is 6.60. The second-order valence-corrected chi connectivity index (χ2v) is 4.95. The van der Waals surface area contributed by atoms with Gasteiger partial charge in [-0.25, -0.2) is 4.79 Å². The molecule has 0 heterocycles. The van der Waals surface area contributed by atoms with Gasteiger partial charge in [-0.1, -0.05) is 49.3 Å². The van der Waals surface area contributed by atoms with E-state index in [1.54, 1.807) is 0 Å². The summed E-state index contributed by atoms with van der Waals surface area (Å²) in [7, 11) is 0. The normalized spacial score (nSPS) is 11.6. The summed E-state index contributed by atoms with van der Waals surface area (Å²) in [5, 5.41) is 6.23. The molecule has 20 heavy (non-hydrogen) atoms. The zero-order valence-corrected chi connectivity index (χ0v) is 11.8. The van der Waals surface area contributed by atoms with Crippen LogP contribution in [0, 0.1) is 5.92 Å². The molecule has 0 radical (unpaired) electrons. The van der Waals surface area contributed by atoms with Crippen LogP contribution in [0.5, 0.6) is 0 Å². The van der Waals surface area contributed by atoms with E-state index in [2.05, 4.69) is 15.3 Å². The smallest absolute Gasteiger partial charge is 0.407 e. The van der Waals surface area contributed by atoms with Crippen LogP contribution in [0.2, 0.25) is 0 Å². The highest BCUT2D eigenvalue weighted by Gasteiger charge is 2.14. The van der Waals surface area contributed by atoms with Gasteiger partial charge in [0, 0.05) is 17.5 Å². The van der Waals surface area contributed by atoms with Gasteiger partial charge in [-0.15, -0.1) is 0 Å². The third kappa shape index (κ3) is 6.66. The Bertz CT molecular complexity index is 456. The van der Waals surface area contributed by atoms with Crippen molar-refractivity contribution in [2.24, 2.45) is 11.0 Å². The molecule has 0 fully saturated rings. The quantitative estimate of drug-likeness (QED) is 0.468. The minimum Gasteiger partial charge on any atom is -0.445 e. The highest BCUT2D eigenvalue weighted by Crippen LogP contribution is 2.06. The van der Waals surface area contributed by atoms with Gasteiger partial charge in [-0.2, -0.15) is 0 Å². The third-order valence-corrected chi connectivity index (χ3v) is 2.66. The monoisotopic (exact) mass is 276 g/mol. The van der Waals surface area contributed by atoms with Crippen LogP contribution in [-0.2, 0) is 11.3 Å². The van der Waals surface area contributed by atoms with E-state index in [4.69, 9.17) is 10.3 Å². The summed E-state index contributed by atoms with van der Waals surface area (Å²) < 4.78 is 5.14. The summed E-state index contributed by atoms with van der Waals surface area (Å²) in [4.78, 5) is 14.4. The predicted octanol–water partition coefficient (Wildman–Crippen LogP) is 3.64. The van der Waals surface area contributed by atoms with Crippen molar-refractivity contribution in [3.05, 3.63) is 46.3 Å². The van der Waals surface area contributed by atoms with Crippen LogP contribution in [0.3, 0.4) is 0 Å². The van der Waals surface area contributed by atoms with Crippen LogP contribution < -0.4 is 5.32 Å². The lowest BCUT2D eigenvalue weighted by atomic mass is 10.0. The summed E-state index contributed by atoms with van der Waals surface area (Å²) in [6.45, 7) is 4.54. The van der Waals surface area contributed by atoms with Gasteiger partial charge in [0.05, 0.1) is 0 Å². The number of azide groups is 1. The average Bonchev–Trinajstić information content (AvgIpc) is 2.43. The molecule has 0 aliphatic heterocycles. The van der Waals surface area contributed by atoms with Crippen LogP contribution in [0.1, 0.15) is 25.8 Å². The molecule has 1 amide bonds. The Morgan fingerprint density at radius 3 is 2.70 bits per heavy atom. The molecular formula is C14H20N4O2. The van der Waals surface area contributed by atoms with Crippen molar-refractivity contribution in [3.63, 3.8) is 0 Å². The lowest BCUT2D eigenvalue weighted by molar-refractivity contribution is 0.134. The number of ether oxygens (including phenoxy) is 1. The number of nitrogens with one attached hydrogen (secondary N) is 1. The Labute approximate surface area is 118 Å². The molecule has 0 bridgehead atoms. The van der Waals surface area contributed by atoms with Gasteiger partial charge in [0.15, 0.2) is 0 Å². The molecule has 0 aliphatic carbocycles. The van der Waals surface area contributed by atoms with Gasteiger partial charge < -0.3 is 10.1 Å². The van der Waals surface area contributed by atoms with Crippen LogP contribution >= 0.6 is 0 Å².